The summed E-state index contributed by atoms with van der Waals surface area (Å²) in [7, 11) is 0. The van der Waals surface area contributed by atoms with E-state index >= 15 is 0 Å². The minimum Gasteiger partial charge on any atom is -0.262 e. The summed E-state index contributed by atoms with van der Waals surface area (Å²) in [5.74, 6) is 0. The van der Waals surface area contributed by atoms with Crippen LogP contribution >= 0.6 is 15.9 Å². The van der Waals surface area contributed by atoms with Gasteiger partial charge in [-0.05, 0) is 55.2 Å². The number of hydrogen-bond acceptors (Lipinski definition) is 1. The highest BCUT2D eigenvalue weighted by Crippen LogP contribution is 2.12. The summed E-state index contributed by atoms with van der Waals surface area (Å²) >= 11 is 3.44. The van der Waals surface area contributed by atoms with Crippen LogP contribution in [-0.2, 0) is 12.8 Å². The van der Waals surface area contributed by atoms with E-state index in [9.17, 15) is 0 Å². The molecule has 82 valence electrons. The Morgan fingerprint density at radius 2 is 1.69 bits per heavy atom. The monoisotopic (exact) mass is 275 g/mol. The van der Waals surface area contributed by atoms with Crippen molar-refractivity contribution in [1.82, 2.24) is 4.98 Å². The van der Waals surface area contributed by atoms with Gasteiger partial charge in [-0.25, -0.2) is 0 Å². The first-order chi connectivity index (χ1) is 7.74. The van der Waals surface area contributed by atoms with Crippen molar-refractivity contribution in [2.24, 2.45) is 0 Å². The van der Waals surface area contributed by atoms with Gasteiger partial charge in [-0.2, -0.15) is 0 Å². The zero-order valence-electron chi connectivity index (χ0n) is 9.28. The molecule has 0 aliphatic carbocycles. The van der Waals surface area contributed by atoms with Gasteiger partial charge < -0.3 is 0 Å². The molecule has 0 fully saturated rings. The van der Waals surface area contributed by atoms with Gasteiger partial charge in [0.05, 0.1) is 0 Å². The molecular formula is C14H14BrN. The molecule has 0 amide bonds. The van der Waals surface area contributed by atoms with Gasteiger partial charge in [-0.15, -0.1) is 0 Å². The largest absolute Gasteiger partial charge is 0.262 e. The quantitative estimate of drug-likeness (QED) is 0.827. The second-order valence-corrected chi connectivity index (χ2v) is 4.85. The standard InChI is InChI=1S/C14H14BrN/c1-11-10-13(8-9-16-11)3-2-12-4-6-14(15)7-5-12/h4-10H,2-3H2,1H3. The lowest BCUT2D eigenvalue weighted by molar-refractivity contribution is 0.949. The molecule has 16 heavy (non-hydrogen) atoms. The lowest BCUT2D eigenvalue weighted by Gasteiger charge is -2.03. The maximum absolute atomic E-state index is 4.20. The van der Waals surface area contributed by atoms with Gasteiger partial charge in [0.1, 0.15) is 0 Å². The van der Waals surface area contributed by atoms with Gasteiger partial charge in [0.2, 0.25) is 0 Å². The molecule has 0 saturated heterocycles. The van der Waals surface area contributed by atoms with Gasteiger partial charge in [0.25, 0.3) is 0 Å². The van der Waals surface area contributed by atoms with Crippen molar-refractivity contribution >= 4 is 15.9 Å². The Balaban J connectivity index is 1.99. The van der Waals surface area contributed by atoms with E-state index in [0.717, 1.165) is 23.0 Å². The number of nitrogens with zero attached hydrogens (tertiary/aromatic N) is 1. The highest BCUT2D eigenvalue weighted by Gasteiger charge is 1.96. The average Bonchev–Trinajstić information content (AvgIpc) is 2.28. The molecule has 2 rings (SSSR count). The Morgan fingerprint density at radius 1 is 1.00 bits per heavy atom. The maximum atomic E-state index is 4.20. The van der Waals surface area contributed by atoms with Crippen LogP contribution in [0, 0.1) is 6.92 Å². The molecule has 2 heteroatoms. The van der Waals surface area contributed by atoms with Crippen LogP contribution in [0.25, 0.3) is 0 Å². The van der Waals surface area contributed by atoms with E-state index in [4.69, 9.17) is 0 Å². The summed E-state index contributed by atoms with van der Waals surface area (Å²) in [5.41, 5.74) is 3.82. The molecule has 0 saturated carbocycles. The van der Waals surface area contributed by atoms with Crippen molar-refractivity contribution in [3.63, 3.8) is 0 Å². The van der Waals surface area contributed by atoms with E-state index < -0.39 is 0 Å². The molecule has 1 heterocycles. The van der Waals surface area contributed by atoms with Crippen LogP contribution < -0.4 is 0 Å². The minimum atomic E-state index is 1.07. The molecule has 0 bridgehead atoms. The number of pyridine rings is 1. The molecule has 0 atom stereocenters. The summed E-state index contributed by atoms with van der Waals surface area (Å²) in [6.07, 6.45) is 4.04. The molecule has 0 aliphatic rings. The van der Waals surface area contributed by atoms with Crippen LogP contribution in [0.3, 0.4) is 0 Å². The molecule has 1 nitrogen and oxygen atoms in total. The number of benzene rings is 1. The Hall–Kier alpha value is -1.15. The number of aryl methyl sites for hydroxylation is 3. The van der Waals surface area contributed by atoms with E-state index in [1.165, 1.54) is 11.1 Å². The molecule has 0 aliphatic heterocycles. The summed E-state index contributed by atoms with van der Waals surface area (Å²) in [4.78, 5) is 4.20. The third-order valence-electron chi connectivity index (χ3n) is 2.58. The molecule has 2 aromatic rings. The van der Waals surface area contributed by atoms with Crippen LogP contribution in [0.5, 0.6) is 0 Å². The first-order valence-electron chi connectivity index (χ1n) is 5.40. The van der Waals surface area contributed by atoms with E-state index in [2.05, 4.69) is 57.3 Å². The summed E-state index contributed by atoms with van der Waals surface area (Å²) in [6.45, 7) is 2.03. The van der Waals surface area contributed by atoms with E-state index in [0.29, 0.717) is 0 Å². The molecule has 0 unspecified atom stereocenters. The zero-order chi connectivity index (χ0) is 11.4. The first kappa shape index (κ1) is 11.3. The van der Waals surface area contributed by atoms with E-state index in [1.54, 1.807) is 0 Å². The Kier molecular flexibility index (Phi) is 3.73. The van der Waals surface area contributed by atoms with Crippen LogP contribution in [0.4, 0.5) is 0 Å². The third kappa shape index (κ3) is 3.17. The minimum absolute atomic E-state index is 1.07. The number of aromatic nitrogens is 1. The van der Waals surface area contributed by atoms with Crippen LogP contribution in [-0.4, -0.2) is 4.98 Å². The molecule has 0 radical (unpaired) electrons. The van der Waals surface area contributed by atoms with E-state index in [1.807, 2.05) is 13.1 Å². The van der Waals surface area contributed by atoms with E-state index in [-0.39, 0.29) is 0 Å². The number of halogens is 1. The second-order valence-electron chi connectivity index (χ2n) is 3.93. The fraction of sp³-hybridized carbons (Fsp3) is 0.214. The fourth-order valence-corrected chi connectivity index (χ4v) is 1.96. The SMILES string of the molecule is Cc1cc(CCc2ccc(Br)cc2)ccn1. The lowest BCUT2D eigenvalue weighted by atomic mass is 10.1. The third-order valence-corrected chi connectivity index (χ3v) is 3.11. The van der Waals surface area contributed by atoms with Crippen molar-refractivity contribution in [3.8, 4) is 0 Å². The van der Waals surface area contributed by atoms with Crippen molar-refractivity contribution < 1.29 is 0 Å². The number of rotatable bonds is 3. The molecular weight excluding hydrogens is 262 g/mol. The summed E-state index contributed by atoms with van der Waals surface area (Å²) in [6, 6.07) is 12.8. The molecule has 1 aromatic heterocycles. The first-order valence-corrected chi connectivity index (χ1v) is 6.19. The van der Waals surface area contributed by atoms with Crippen molar-refractivity contribution in [2.45, 2.75) is 19.8 Å². The highest BCUT2D eigenvalue weighted by atomic mass is 79.9. The van der Waals surface area contributed by atoms with Crippen LogP contribution in [0.2, 0.25) is 0 Å². The van der Waals surface area contributed by atoms with Crippen molar-refractivity contribution in [3.05, 3.63) is 63.9 Å². The highest BCUT2D eigenvalue weighted by molar-refractivity contribution is 9.10. The molecule has 0 N–H and O–H groups in total. The van der Waals surface area contributed by atoms with Gasteiger partial charge in [-0.3, -0.25) is 4.98 Å². The Labute approximate surface area is 105 Å². The summed E-state index contributed by atoms with van der Waals surface area (Å²) < 4.78 is 1.14. The maximum Gasteiger partial charge on any atom is 0.0375 e. The average molecular weight is 276 g/mol. The predicted molar refractivity (Wildman–Crippen MR) is 70.5 cm³/mol. The van der Waals surface area contributed by atoms with Gasteiger partial charge in [0, 0.05) is 16.4 Å². The smallest absolute Gasteiger partial charge is 0.0375 e. The predicted octanol–water partition coefficient (Wildman–Crippen LogP) is 3.94. The zero-order valence-corrected chi connectivity index (χ0v) is 10.9. The topological polar surface area (TPSA) is 12.9 Å². The van der Waals surface area contributed by atoms with Gasteiger partial charge >= 0.3 is 0 Å². The molecule has 1 aromatic carbocycles. The second kappa shape index (κ2) is 5.26. The normalized spacial score (nSPS) is 10.4. The lowest BCUT2D eigenvalue weighted by Crippen LogP contribution is -1.92. The summed E-state index contributed by atoms with van der Waals surface area (Å²) in [5, 5.41) is 0. The Morgan fingerprint density at radius 3 is 2.38 bits per heavy atom. The van der Waals surface area contributed by atoms with Gasteiger partial charge in [-0.1, -0.05) is 28.1 Å². The van der Waals surface area contributed by atoms with Gasteiger partial charge in [0.15, 0.2) is 0 Å². The van der Waals surface area contributed by atoms with Crippen molar-refractivity contribution in [1.29, 1.82) is 0 Å². The Bertz CT molecular complexity index is 462. The van der Waals surface area contributed by atoms with Crippen molar-refractivity contribution in [2.75, 3.05) is 0 Å². The number of hydrogen-bond donors (Lipinski definition) is 0. The van der Waals surface area contributed by atoms with Crippen LogP contribution in [0.15, 0.2) is 47.1 Å². The van der Waals surface area contributed by atoms with Crippen LogP contribution in [0.1, 0.15) is 16.8 Å². The fourth-order valence-electron chi connectivity index (χ4n) is 1.70. The molecule has 0 spiro atoms.